The van der Waals surface area contributed by atoms with Crippen LogP contribution in [0.1, 0.15) is 17.5 Å². The van der Waals surface area contributed by atoms with Crippen LogP contribution in [0.2, 0.25) is 0 Å². The summed E-state index contributed by atoms with van der Waals surface area (Å²) < 4.78 is 38.2. The number of pyridine rings is 1. The van der Waals surface area contributed by atoms with E-state index in [1.54, 1.807) is 11.0 Å². The number of amides is 1. The number of fused-ring (bicyclic) bond motifs is 1. The van der Waals surface area contributed by atoms with Crippen molar-refractivity contribution in [1.82, 2.24) is 4.98 Å². The summed E-state index contributed by atoms with van der Waals surface area (Å²) in [5, 5.41) is 0.872. The second kappa shape index (κ2) is 6.67. The summed E-state index contributed by atoms with van der Waals surface area (Å²) in [6, 6.07) is 14.0. The van der Waals surface area contributed by atoms with Crippen molar-refractivity contribution >= 4 is 33.9 Å². The Bertz CT molecular complexity index is 1090. The molecule has 0 radical (unpaired) electrons. The molecule has 0 saturated heterocycles. The fraction of sp³-hybridized carbons (Fsp3) is 0.143. The van der Waals surface area contributed by atoms with E-state index in [4.69, 9.17) is 5.73 Å². The van der Waals surface area contributed by atoms with Crippen molar-refractivity contribution in [2.24, 2.45) is 0 Å². The Balaban J connectivity index is 1.65. The number of carbonyl (C=O) groups is 1. The minimum Gasteiger partial charge on any atom is -0.384 e. The molecule has 28 heavy (non-hydrogen) atoms. The standard InChI is InChI=1S/C21H16F3N3O/c22-21(23,24)16-7-4-13(5-8-16)15-10-11-27(19(28)12-15)17-3-1-2-14-6-9-18(25)26-20(14)17/h1-9,12H,10-11H2,(H2,25,26). The number of halogens is 3. The van der Waals surface area contributed by atoms with Gasteiger partial charge in [0.1, 0.15) is 5.82 Å². The smallest absolute Gasteiger partial charge is 0.384 e. The number of hydrogen-bond donors (Lipinski definition) is 1. The van der Waals surface area contributed by atoms with Gasteiger partial charge in [-0.1, -0.05) is 24.3 Å². The predicted octanol–water partition coefficient (Wildman–Crippen LogP) is 4.66. The average molecular weight is 383 g/mol. The number of nitrogens with two attached hydrogens (primary N) is 1. The minimum atomic E-state index is -4.38. The topological polar surface area (TPSA) is 59.2 Å². The molecule has 2 N–H and O–H groups in total. The Hall–Kier alpha value is -3.35. The molecule has 0 unspecified atom stereocenters. The number of nitrogen functional groups attached to an aromatic ring is 1. The molecular weight excluding hydrogens is 367 g/mol. The highest BCUT2D eigenvalue weighted by atomic mass is 19.4. The lowest BCUT2D eigenvalue weighted by molar-refractivity contribution is -0.137. The number of aromatic nitrogens is 1. The maximum absolute atomic E-state index is 12.7. The summed E-state index contributed by atoms with van der Waals surface area (Å²) in [6.45, 7) is 0.404. The molecule has 4 rings (SSSR count). The quantitative estimate of drug-likeness (QED) is 0.700. The molecule has 142 valence electrons. The van der Waals surface area contributed by atoms with E-state index in [0.29, 0.717) is 41.1 Å². The van der Waals surface area contributed by atoms with Crippen LogP contribution in [-0.4, -0.2) is 17.4 Å². The fourth-order valence-electron chi connectivity index (χ4n) is 3.35. The molecule has 3 aromatic rings. The number of nitrogens with zero attached hydrogens (tertiary/aromatic N) is 2. The van der Waals surface area contributed by atoms with Gasteiger partial charge in [0.2, 0.25) is 0 Å². The highest BCUT2D eigenvalue weighted by Gasteiger charge is 2.30. The molecule has 2 aromatic carbocycles. The van der Waals surface area contributed by atoms with Crippen LogP contribution in [0, 0.1) is 0 Å². The molecule has 0 saturated carbocycles. The maximum Gasteiger partial charge on any atom is 0.416 e. The molecule has 2 heterocycles. The number of para-hydroxylation sites is 1. The van der Waals surface area contributed by atoms with E-state index in [-0.39, 0.29) is 5.91 Å². The van der Waals surface area contributed by atoms with Crippen molar-refractivity contribution in [1.29, 1.82) is 0 Å². The van der Waals surface area contributed by atoms with Gasteiger partial charge in [0.25, 0.3) is 5.91 Å². The number of rotatable bonds is 2. The lowest BCUT2D eigenvalue weighted by Crippen LogP contribution is -2.34. The van der Waals surface area contributed by atoms with Gasteiger partial charge in [-0.2, -0.15) is 13.2 Å². The molecular formula is C21H16F3N3O. The third kappa shape index (κ3) is 3.31. The van der Waals surface area contributed by atoms with Crippen molar-refractivity contribution in [3.8, 4) is 0 Å². The average Bonchev–Trinajstić information content (AvgIpc) is 2.67. The highest BCUT2D eigenvalue weighted by Crippen LogP contribution is 2.33. The third-order valence-corrected chi connectivity index (χ3v) is 4.76. The lowest BCUT2D eigenvalue weighted by atomic mass is 9.97. The van der Waals surface area contributed by atoms with Crippen LogP contribution in [-0.2, 0) is 11.0 Å². The summed E-state index contributed by atoms with van der Waals surface area (Å²) >= 11 is 0. The van der Waals surface area contributed by atoms with Gasteiger partial charge in [-0.25, -0.2) is 4.98 Å². The first-order chi connectivity index (χ1) is 13.3. The second-order valence-corrected chi connectivity index (χ2v) is 6.57. The minimum absolute atomic E-state index is 0.238. The number of hydrogen-bond acceptors (Lipinski definition) is 3. The van der Waals surface area contributed by atoms with E-state index >= 15 is 0 Å². The van der Waals surface area contributed by atoms with Crippen LogP contribution in [0.5, 0.6) is 0 Å². The molecule has 7 heteroatoms. The van der Waals surface area contributed by atoms with Crippen molar-refractivity contribution in [2.75, 3.05) is 17.2 Å². The first kappa shape index (κ1) is 18.0. The molecule has 0 fully saturated rings. The van der Waals surface area contributed by atoms with Gasteiger partial charge in [-0.05, 0) is 47.9 Å². The van der Waals surface area contributed by atoms with Crippen molar-refractivity contribution in [2.45, 2.75) is 12.6 Å². The summed E-state index contributed by atoms with van der Waals surface area (Å²) in [5.74, 6) is 0.128. The number of benzene rings is 2. The molecule has 1 aliphatic heterocycles. The third-order valence-electron chi connectivity index (χ3n) is 4.76. The maximum atomic E-state index is 12.7. The second-order valence-electron chi connectivity index (χ2n) is 6.57. The number of alkyl halides is 3. The van der Waals surface area contributed by atoms with Gasteiger partial charge in [-0.15, -0.1) is 0 Å². The van der Waals surface area contributed by atoms with Crippen molar-refractivity contribution in [3.63, 3.8) is 0 Å². The lowest BCUT2D eigenvalue weighted by Gasteiger charge is -2.27. The van der Waals surface area contributed by atoms with Gasteiger partial charge >= 0.3 is 6.18 Å². The molecule has 0 spiro atoms. The Kier molecular flexibility index (Phi) is 4.30. The SMILES string of the molecule is Nc1ccc2cccc(N3CCC(c4ccc(C(F)(F)F)cc4)=CC3=O)c2n1. The molecule has 1 amide bonds. The first-order valence-electron chi connectivity index (χ1n) is 8.68. The van der Waals surface area contributed by atoms with E-state index in [0.717, 1.165) is 17.5 Å². The van der Waals surface area contributed by atoms with E-state index in [1.807, 2.05) is 24.3 Å². The molecule has 4 nitrogen and oxygen atoms in total. The van der Waals surface area contributed by atoms with Gasteiger partial charge in [0, 0.05) is 18.0 Å². The molecule has 0 aliphatic carbocycles. The monoisotopic (exact) mass is 383 g/mol. The van der Waals surface area contributed by atoms with Crippen LogP contribution >= 0.6 is 0 Å². The first-order valence-corrected chi connectivity index (χ1v) is 8.68. The van der Waals surface area contributed by atoms with Crippen molar-refractivity contribution in [3.05, 3.63) is 71.8 Å². The zero-order valence-electron chi connectivity index (χ0n) is 14.7. The Morgan fingerprint density at radius 1 is 1.00 bits per heavy atom. The fourth-order valence-corrected chi connectivity index (χ4v) is 3.35. The summed E-state index contributed by atoms with van der Waals surface area (Å²) in [6.07, 6.45) is -2.39. The summed E-state index contributed by atoms with van der Waals surface area (Å²) in [4.78, 5) is 18.7. The number of anilines is 2. The zero-order valence-corrected chi connectivity index (χ0v) is 14.7. The highest BCUT2D eigenvalue weighted by molar-refractivity contribution is 6.11. The predicted molar refractivity (Wildman–Crippen MR) is 103 cm³/mol. The largest absolute Gasteiger partial charge is 0.416 e. The van der Waals surface area contributed by atoms with Crippen LogP contribution < -0.4 is 10.6 Å². The van der Waals surface area contributed by atoms with Gasteiger partial charge in [0.05, 0.1) is 16.8 Å². The van der Waals surface area contributed by atoms with Gasteiger partial charge in [0.15, 0.2) is 0 Å². The molecule has 1 aliphatic rings. The van der Waals surface area contributed by atoms with Gasteiger partial charge in [-0.3, -0.25) is 4.79 Å². The van der Waals surface area contributed by atoms with E-state index in [9.17, 15) is 18.0 Å². The Morgan fingerprint density at radius 2 is 1.75 bits per heavy atom. The van der Waals surface area contributed by atoms with Gasteiger partial charge < -0.3 is 10.6 Å². The molecule has 0 bridgehead atoms. The Labute approximate surface area is 159 Å². The van der Waals surface area contributed by atoms with Crippen molar-refractivity contribution < 1.29 is 18.0 Å². The van der Waals surface area contributed by atoms with Crippen LogP contribution in [0.15, 0.2) is 60.7 Å². The van der Waals surface area contributed by atoms with Crippen LogP contribution in [0.25, 0.3) is 16.5 Å². The van der Waals surface area contributed by atoms with E-state index in [2.05, 4.69) is 4.98 Å². The van der Waals surface area contributed by atoms with E-state index in [1.165, 1.54) is 18.2 Å². The number of carbonyl (C=O) groups excluding carboxylic acids is 1. The van der Waals surface area contributed by atoms with E-state index < -0.39 is 11.7 Å². The van der Waals surface area contributed by atoms with Crippen LogP contribution in [0.3, 0.4) is 0 Å². The Morgan fingerprint density at radius 3 is 2.43 bits per heavy atom. The summed E-state index contributed by atoms with van der Waals surface area (Å²) in [7, 11) is 0. The molecule has 1 aromatic heterocycles. The molecule has 0 atom stereocenters. The van der Waals surface area contributed by atoms with Crippen LogP contribution in [0.4, 0.5) is 24.7 Å². The normalized spacial score (nSPS) is 15.0. The zero-order chi connectivity index (χ0) is 19.9. The summed E-state index contributed by atoms with van der Waals surface area (Å²) in [5.41, 5.74) is 7.71.